The van der Waals surface area contributed by atoms with Crippen LogP contribution in [0.1, 0.15) is 38.6 Å². The Labute approximate surface area is 121 Å². The van der Waals surface area contributed by atoms with Gasteiger partial charge in [0, 0.05) is 15.4 Å². The number of hydrogen-bond donors (Lipinski definition) is 2. The van der Waals surface area contributed by atoms with Crippen LogP contribution in [-0.4, -0.2) is 5.91 Å². The molecule has 0 aliphatic carbocycles. The zero-order valence-corrected chi connectivity index (χ0v) is 12.5. The van der Waals surface area contributed by atoms with Crippen LogP contribution in [0.25, 0.3) is 0 Å². The van der Waals surface area contributed by atoms with E-state index >= 15 is 0 Å². The molecular formula is C15H17FN2OS. The minimum atomic E-state index is -0.522. The Balaban J connectivity index is 2.20. The average molecular weight is 292 g/mol. The van der Waals surface area contributed by atoms with Crippen LogP contribution in [0.2, 0.25) is 0 Å². The highest BCUT2D eigenvalue weighted by atomic mass is 32.1. The molecule has 5 heteroatoms. The summed E-state index contributed by atoms with van der Waals surface area (Å²) in [6, 6.07) is 6.67. The molecule has 1 amide bonds. The molecule has 1 aromatic carbocycles. The van der Waals surface area contributed by atoms with E-state index in [4.69, 9.17) is 5.73 Å². The molecule has 0 saturated heterocycles. The van der Waals surface area contributed by atoms with Gasteiger partial charge < -0.3 is 11.1 Å². The number of rotatable bonds is 3. The molecule has 0 bridgehead atoms. The predicted octanol–water partition coefficient (Wildman–Crippen LogP) is 3.58. The second-order valence-electron chi connectivity index (χ2n) is 4.84. The lowest BCUT2D eigenvalue weighted by molar-refractivity contribution is 0.0936. The van der Waals surface area contributed by atoms with Crippen molar-refractivity contribution < 1.29 is 9.18 Å². The Morgan fingerprint density at radius 2 is 2.05 bits per heavy atom. The molecule has 1 aromatic heterocycles. The van der Waals surface area contributed by atoms with Gasteiger partial charge in [-0.05, 0) is 50.6 Å². The average Bonchev–Trinajstić information content (AvgIpc) is 2.80. The van der Waals surface area contributed by atoms with Crippen molar-refractivity contribution in [2.75, 3.05) is 5.73 Å². The van der Waals surface area contributed by atoms with E-state index in [1.54, 1.807) is 18.3 Å². The van der Waals surface area contributed by atoms with Crippen LogP contribution in [0.15, 0.2) is 24.3 Å². The molecule has 2 rings (SSSR count). The first kappa shape index (κ1) is 14.5. The Morgan fingerprint density at radius 1 is 1.35 bits per heavy atom. The maximum Gasteiger partial charge on any atom is 0.254 e. The normalized spacial score (nSPS) is 12.2. The standard InChI is InChI=1S/C15H17FN2OS/c1-8-6-11(17)7-12(14(8)16)15(19)18-10(3)13-5-4-9(2)20-13/h4-7,10H,17H2,1-3H3,(H,18,19). The van der Waals surface area contributed by atoms with Crippen molar-refractivity contribution in [2.24, 2.45) is 0 Å². The van der Waals surface area contributed by atoms with Crippen molar-refractivity contribution in [2.45, 2.75) is 26.8 Å². The third-order valence-electron chi connectivity index (χ3n) is 3.06. The van der Waals surface area contributed by atoms with Gasteiger partial charge in [0.25, 0.3) is 5.91 Å². The van der Waals surface area contributed by atoms with Gasteiger partial charge in [-0.15, -0.1) is 11.3 Å². The number of aryl methyl sites for hydroxylation is 2. The topological polar surface area (TPSA) is 55.1 Å². The smallest absolute Gasteiger partial charge is 0.254 e. The zero-order valence-electron chi connectivity index (χ0n) is 11.7. The van der Waals surface area contributed by atoms with E-state index in [1.165, 1.54) is 17.0 Å². The number of nitrogens with two attached hydrogens (primary N) is 1. The lowest BCUT2D eigenvalue weighted by Crippen LogP contribution is -2.27. The van der Waals surface area contributed by atoms with Gasteiger partial charge >= 0.3 is 0 Å². The number of carbonyl (C=O) groups excluding carboxylic acids is 1. The van der Waals surface area contributed by atoms with Gasteiger partial charge in [0.2, 0.25) is 0 Å². The van der Waals surface area contributed by atoms with Gasteiger partial charge in [-0.25, -0.2) is 4.39 Å². The summed E-state index contributed by atoms with van der Waals surface area (Å²) in [6.07, 6.45) is 0. The number of carbonyl (C=O) groups is 1. The van der Waals surface area contributed by atoms with Gasteiger partial charge in [-0.2, -0.15) is 0 Å². The molecular weight excluding hydrogens is 275 g/mol. The Bertz CT molecular complexity index is 651. The van der Waals surface area contributed by atoms with Crippen molar-refractivity contribution >= 4 is 22.9 Å². The predicted molar refractivity (Wildman–Crippen MR) is 80.5 cm³/mol. The fraction of sp³-hybridized carbons (Fsp3) is 0.267. The van der Waals surface area contributed by atoms with Crippen molar-refractivity contribution in [3.63, 3.8) is 0 Å². The molecule has 3 N–H and O–H groups in total. The molecule has 1 heterocycles. The summed E-state index contributed by atoms with van der Waals surface area (Å²) < 4.78 is 14.0. The van der Waals surface area contributed by atoms with Crippen molar-refractivity contribution in [1.29, 1.82) is 0 Å². The molecule has 0 aliphatic rings. The molecule has 3 nitrogen and oxygen atoms in total. The number of amides is 1. The highest BCUT2D eigenvalue weighted by Gasteiger charge is 2.18. The molecule has 0 saturated carbocycles. The van der Waals surface area contributed by atoms with E-state index in [1.807, 2.05) is 26.0 Å². The van der Waals surface area contributed by atoms with Gasteiger partial charge in [0.15, 0.2) is 0 Å². The largest absolute Gasteiger partial charge is 0.399 e. The molecule has 106 valence electrons. The number of nitrogens with one attached hydrogen (secondary N) is 1. The summed E-state index contributed by atoms with van der Waals surface area (Å²) in [5.74, 6) is -0.970. The van der Waals surface area contributed by atoms with Gasteiger partial charge in [0.1, 0.15) is 5.82 Å². The van der Waals surface area contributed by atoms with Gasteiger partial charge in [-0.1, -0.05) is 0 Å². The molecule has 2 aromatic rings. The van der Waals surface area contributed by atoms with E-state index in [9.17, 15) is 9.18 Å². The Kier molecular flexibility index (Phi) is 4.09. The van der Waals surface area contributed by atoms with Crippen LogP contribution >= 0.6 is 11.3 Å². The molecule has 0 spiro atoms. The minimum Gasteiger partial charge on any atom is -0.399 e. The van der Waals surface area contributed by atoms with E-state index in [2.05, 4.69) is 5.32 Å². The van der Waals surface area contributed by atoms with Crippen molar-refractivity contribution in [3.8, 4) is 0 Å². The number of anilines is 1. The van der Waals surface area contributed by atoms with Crippen LogP contribution in [0.3, 0.4) is 0 Å². The molecule has 0 radical (unpaired) electrons. The second kappa shape index (κ2) is 5.63. The Hall–Kier alpha value is -1.88. The Morgan fingerprint density at radius 3 is 2.65 bits per heavy atom. The first-order valence-electron chi connectivity index (χ1n) is 6.31. The van der Waals surface area contributed by atoms with Crippen LogP contribution in [-0.2, 0) is 0 Å². The second-order valence-corrected chi connectivity index (χ2v) is 6.16. The van der Waals surface area contributed by atoms with Crippen molar-refractivity contribution in [3.05, 3.63) is 51.0 Å². The van der Waals surface area contributed by atoms with Crippen LogP contribution in [0.5, 0.6) is 0 Å². The van der Waals surface area contributed by atoms with E-state index in [-0.39, 0.29) is 11.6 Å². The van der Waals surface area contributed by atoms with Crippen molar-refractivity contribution in [1.82, 2.24) is 5.32 Å². The maximum absolute atomic E-state index is 14.0. The van der Waals surface area contributed by atoms with E-state index in [0.717, 1.165) is 4.88 Å². The number of halogens is 1. The number of thiophene rings is 1. The SMILES string of the molecule is Cc1ccc(C(C)NC(=O)c2cc(N)cc(C)c2F)s1. The fourth-order valence-corrected chi connectivity index (χ4v) is 2.87. The molecule has 20 heavy (non-hydrogen) atoms. The summed E-state index contributed by atoms with van der Waals surface area (Å²) in [4.78, 5) is 14.4. The fourth-order valence-electron chi connectivity index (χ4n) is 1.99. The summed E-state index contributed by atoms with van der Waals surface area (Å²) in [5.41, 5.74) is 6.41. The van der Waals surface area contributed by atoms with Crippen LogP contribution in [0.4, 0.5) is 10.1 Å². The highest BCUT2D eigenvalue weighted by molar-refractivity contribution is 7.12. The summed E-state index contributed by atoms with van der Waals surface area (Å²) >= 11 is 1.61. The number of hydrogen-bond acceptors (Lipinski definition) is 3. The first-order chi connectivity index (χ1) is 9.38. The zero-order chi connectivity index (χ0) is 14.9. The van der Waals surface area contributed by atoms with Gasteiger partial charge in [-0.3, -0.25) is 4.79 Å². The van der Waals surface area contributed by atoms with Crippen LogP contribution < -0.4 is 11.1 Å². The highest BCUT2D eigenvalue weighted by Crippen LogP contribution is 2.23. The van der Waals surface area contributed by atoms with Gasteiger partial charge in [0.05, 0.1) is 11.6 Å². The quantitative estimate of drug-likeness (QED) is 0.850. The third kappa shape index (κ3) is 2.99. The summed E-state index contributed by atoms with van der Waals surface area (Å²) in [7, 11) is 0. The maximum atomic E-state index is 14.0. The van der Waals surface area contributed by atoms with E-state index in [0.29, 0.717) is 11.3 Å². The molecule has 1 unspecified atom stereocenters. The third-order valence-corrected chi connectivity index (χ3v) is 4.24. The lowest BCUT2D eigenvalue weighted by atomic mass is 10.1. The molecule has 0 fully saturated rings. The van der Waals surface area contributed by atoms with E-state index < -0.39 is 11.7 Å². The summed E-state index contributed by atoms with van der Waals surface area (Å²) in [5, 5.41) is 2.80. The first-order valence-corrected chi connectivity index (χ1v) is 7.13. The lowest BCUT2D eigenvalue weighted by Gasteiger charge is -2.13. The number of benzene rings is 1. The van der Waals surface area contributed by atoms with Crippen LogP contribution in [0, 0.1) is 19.7 Å². The molecule has 0 aliphatic heterocycles. The minimum absolute atomic E-state index is 0.0115. The molecule has 1 atom stereocenters. The summed E-state index contributed by atoms with van der Waals surface area (Å²) in [6.45, 7) is 5.47. The number of nitrogen functional groups attached to an aromatic ring is 1. The monoisotopic (exact) mass is 292 g/mol.